The van der Waals surface area contributed by atoms with Crippen LogP contribution in [0.3, 0.4) is 0 Å². The predicted molar refractivity (Wildman–Crippen MR) is 78.5 cm³/mol. The summed E-state index contributed by atoms with van der Waals surface area (Å²) in [4.78, 5) is 23.8. The van der Waals surface area contributed by atoms with Crippen LogP contribution in [0.4, 0.5) is 26.3 Å². The molecule has 2 rings (SSSR count). The molecular formula is C14H10ClF6N3O2. The Kier molecular flexibility index (Phi) is 4.97. The molecule has 5 nitrogen and oxygen atoms in total. The van der Waals surface area contributed by atoms with Crippen molar-refractivity contribution in [3.63, 3.8) is 0 Å². The number of carbonyl (C=O) groups is 2. The van der Waals surface area contributed by atoms with Crippen molar-refractivity contribution in [2.75, 3.05) is 0 Å². The highest BCUT2D eigenvalue weighted by Crippen LogP contribution is 2.49. The summed E-state index contributed by atoms with van der Waals surface area (Å²) < 4.78 is 81.7. The molecule has 1 heterocycles. The normalized spacial score (nSPS) is 18.4. The number of nitrogens with zero attached hydrogens (tertiary/aromatic N) is 1. The lowest BCUT2D eigenvalue weighted by atomic mass is 9.79. The summed E-state index contributed by atoms with van der Waals surface area (Å²) in [7, 11) is 0. The average Bonchev–Trinajstić information content (AvgIpc) is 2.82. The van der Waals surface area contributed by atoms with Gasteiger partial charge < -0.3 is 5.32 Å². The molecule has 142 valence electrons. The van der Waals surface area contributed by atoms with Crippen molar-refractivity contribution in [2.45, 2.75) is 24.8 Å². The Morgan fingerprint density at radius 1 is 1.12 bits per heavy atom. The van der Waals surface area contributed by atoms with Gasteiger partial charge in [-0.2, -0.15) is 31.4 Å². The number of benzene rings is 1. The topological polar surface area (TPSA) is 70.6 Å². The molecule has 1 aliphatic heterocycles. The van der Waals surface area contributed by atoms with Gasteiger partial charge in [-0.25, -0.2) is 5.43 Å². The zero-order valence-electron chi connectivity index (χ0n) is 12.8. The van der Waals surface area contributed by atoms with Crippen LogP contribution in [0.25, 0.3) is 0 Å². The second kappa shape index (κ2) is 6.45. The molecule has 12 heteroatoms. The van der Waals surface area contributed by atoms with Crippen LogP contribution in [0, 0.1) is 5.92 Å². The van der Waals surface area contributed by atoms with E-state index >= 15 is 0 Å². The van der Waals surface area contributed by atoms with Gasteiger partial charge in [-0.15, -0.1) is 0 Å². The maximum atomic E-state index is 13.6. The third-order valence-electron chi connectivity index (χ3n) is 3.77. The maximum Gasteiger partial charge on any atom is 0.421 e. The van der Waals surface area contributed by atoms with E-state index in [2.05, 4.69) is 5.10 Å². The van der Waals surface area contributed by atoms with Crippen molar-refractivity contribution in [2.24, 2.45) is 11.0 Å². The lowest BCUT2D eigenvalue weighted by Crippen LogP contribution is -2.73. The van der Waals surface area contributed by atoms with Gasteiger partial charge in [-0.05, 0) is 31.2 Å². The Hall–Kier alpha value is -2.30. The number of hydrazone groups is 1. The fraction of sp³-hybridized carbons (Fsp3) is 0.357. The molecular weight excluding hydrogens is 392 g/mol. The first-order valence-electron chi connectivity index (χ1n) is 6.87. The van der Waals surface area contributed by atoms with Crippen LogP contribution in [0.1, 0.15) is 17.3 Å². The summed E-state index contributed by atoms with van der Waals surface area (Å²) in [6.45, 7) is 0.823. The van der Waals surface area contributed by atoms with E-state index in [1.807, 2.05) is 0 Å². The quantitative estimate of drug-likeness (QED) is 0.764. The predicted octanol–water partition coefficient (Wildman–Crippen LogP) is 3.06. The summed E-state index contributed by atoms with van der Waals surface area (Å²) in [6, 6.07) is 4.14. The molecule has 0 saturated carbocycles. The second-order valence-corrected chi connectivity index (χ2v) is 5.86. The number of nitrogens with one attached hydrogen (secondary N) is 2. The molecule has 0 fully saturated rings. The summed E-state index contributed by atoms with van der Waals surface area (Å²) >= 11 is 5.58. The highest BCUT2D eigenvalue weighted by atomic mass is 35.5. The average molecular weight is 402 g/mol. The van der Waals surface area contributed by atoms with Gasteiger partial charge in [0.1, 0.15) is 5.92 Å². The van der Waals surface area contributed by atoms with Crippen molar-refractivity contribution < 1.29 is 35.9 Å². The maximum absolute atomic E-state index is 13.6. The largest absolute Gasteiger partial charge is 0.421 e. The molecule has 2 N–H and O–H groups in total. The van der Waals surface area contributed by atoms with E-state index in [9.17, 15) is 35.9 Å². The van der Waals surface area contributed by atoms with Crippen molar-refractivity contribution >= 4 is 29.1 Å². The van der Waals surface area contributed by atoms with Gasteiger partial charge in [-0.3, -0.25) is 9.59 Å². The van der Waals surface area contributed by atoms with Crippen molar-refractivity contribution in [3.05, 3.63) is 34.9 Å². The molecule has 1 atom stereocenters. The van der Waals surface area contributed by atoms with E-state index < -0.39 is 46.9 Å². The van der Waals surface area contributed by atoms with E-state index in [0.717, 1.165) is 36.5 Å². The molecule has 26 heavy (non-hydrogen) atoms. The monoisotopic (exact) mass is 401 g/mol. The number of amides is 2. The molecule has 0 saturated heterocycles. The van der Waals surface area contributed by atoms with Crippen LogP contribution in [0.5, 0.6) is 0 Å². The smallest absolute Gasteiger partial charge is 0.329 e. The molecule has 1 aliphatic rings. The van der Waals surface area contributed by atoms with Gasteiger partial charge in [0.05, 0.1) is 5.71 Å². The molecule has 0 aliphatic carbocycles. The second-order valence-electron chi connectivity index (χ2n) is 5.43. The van der Waals surface area contributed by atoms with Gasteiger partial charge in [0.15, 0.2) is 0 Å². The Morgan fingerprint density at radius 3 is 2.00 bits per heavy atom. The SMILES string of the molecule is CC1=NNC(=O)C1C(NC(=O)c1ccc(Cl)cc1)(C(F)(F)F)C(F)(F)F. The fourth-order valence-corrected chi connectivity index (χ4v) is 2.65. The number of rotatable bonds is 3. The van der Waals surface area contributed by atoms with E-state index in [0.29, 0.717) is 0 Å². The van der Waals surface area contributed by atoms with Crippen molar-refractivity contribution in [1.29, 1.82) is 0 Å². The molecule has 1 unspecified atom stereocenters. The molecule has 0 spiro atoms. The zero-order chi connectivity index (χ0) is 19.9. The lowest BCUT2D eigenvalue weighted by Gasteiger charge is -2.40. The minimum atomic E-state index is -6.05. The first kappa shape index (κ1) is 20.0. The van der Waals surface area contributed by atoms with E-state index in [-0.39, 0.29) is 5.02 Å². The molecule has 1 aromatic carbocycles. The molecule has 2 amide bonds. The minimum Gasteiger partial charge on any atom is -0.329 e. The van der Waals surface area contributed by atoms with Gasteiger partial charge in [0.2, 0.25) is 5.54 Å². The first-order chi connectivity index (χ1) is 11.8. The van der Waals surface area contributed by atoms with Gasteiger partial charge in [-0.1, -0.05) is 11.6 Å². The first-order valence-corrected chi connectivity index (χ1v) is 7.24. The molecule has 1 aromatic rings. The zero-order valence-corrected chi connectivity index (χ0v) is 13.6. The lowest BCUT2D eigenvalue weighted by molar-refractivity contribution is -0.310. The Bertz CT molecular complexity index is 743. The number of halogens is 7. The van der Waals surface area contributed by atoms with Crippen LogP contribution in [-0.4, -0.2) is 35.4 Å². The molecule has 0 aromatic heterocycles. The Labute approximate surface area is 147 Å². The Morgan fingerprint density at radius 2 is 1.62 bits per heavy atom. The summed E-state index contributed by atoms with van der Waals surface area (Å²) in [5.74, 6) is -6.11. The van der Waals surface area contributed by atoms with E-state index in [1.165, 1.54) is 0 Å². The van der Waals surface area contributed by atoms with Crippen molar-refractivity contribution in [3.8, 4) is 0 Å². The summed E-state index contributed by atoms with van der Waals surface area (Å²) in [6.07, 6.45) is -12.1. The number of hydrogen-bond acceptors (Lipinski definition) is 3. The molecule has 0 bridgehead atoms. The van der Waals surface area contributed by atoms with Gasteiger partial charge in [0.25, 0.3) is 11.8 Å². The Balaban J connectivity index is 2.60. The highest BCUT2D eigenvalue weighted by Gasteiger charge is 2.77. The number of alkyl halides is 6. The number of hydrogen-bond donors (Lipinski definition) is 2. The van der Waals surface area contributed by atoms with Crippen LogP contribution in [0.2, 0.25) is 5.02 Å². The van der Waals surface area contributed by atoms with E-state index in [4.69, 9.17) is 11.6 Å². The van der Waals surface area contributed by atoms with Crippen LogP contribution >= 0.6 is 11.6 Å². The highest BCUT2D eigenvalue weighted by molar-refractivity contribution is 6.30. The van der Waals surface area contributed by atoms with Crippen LogP contribution in [-0.2, 0) is 4.79 Å². The van der Waals surface area contributed by atoms with E-state index in [1.54, 1.807) is 5.43 Å². The standard InChI is InChI=1S/C14H10ClF6N3O2/c1-6-9(11(26)24-23-6)12(13(16,17)18,14(19,20)21)22-10(25)7-2-4-8(15)5-3-7/h2-5,9H,1H3,(H,22,25)(H,24,26). The third kappa shape index (κ3) is 3.22. The minimum absolute atomic E-state index is 0.123. The molecule has 0 radical (unpaired) electrons. The summed E-state index contributed by atoms with van der Waals surface area (Å²) in [5, 5.41) is 4.23. The van der Waals surface area contributed by atoms with Crippen molar-refractivity contribution in [1.82, 2.24) is 10.7 Å². The van der Waals surface area contributed by atoms with Gasteiger partial charge >= 0.3 is 12.4 Å². The van der Waals surface area contributed by atoms with Crippen LogP contribution < -0.4 is 10.7 Å². The number of carbonyl (C=O) groups excluding carboxylic acids is 2. The van der Waals surface area contributed by atoms with Gasteiger partial charge in [0, 0.05) is 10.6 Å². The van der Waals surface area contributed by atoms with Crippen LogP contribution in [0.15, 0.2) is 29.4 Å². The third-order valence-corrected chi connectivity index (χ3v) is 4.02. The fourth-order valence-electron chi connectivity index (χ4n) is 2.53. The summed E-state index contributed by atoms with van der Waals surface area (Å²) in [5.41, 5.74) is -4.55.